The Bertz CT molecular complexity index is 553. The van der Waals surface area contributed by atoms with Crippen molar-refractivity contribution in [2.45, 2.75) is 13.5 Å². The normalized spacial score (nSPS) is 10.4. The molecule has 96 valence electrons. The molecule has 2 heterocycles. The van der Waals surface area contributed by atoms with Crippen molar-refractivity contribution in [3.8, 4) is 5.88 Å². The fourth-order valence-electron chi connectivity index (χ4n) is 1.64. The number of methoxy groups -OCH3 is 1. The number of hydrogen-bond acceptors (Lipinski definition) is 4. The van der Waals surface area contributed by atoms with Gasteiger partial charge in [0.05, 0.1) is 35.2 Å². The first-order valence-electron chi connectivity index (χ1n) is 5.53. The Labute approximate surface area is 114 Å². The molecule has 2 aromatic rings. The predicted octanol–water partition coefficient (Wildman–Crippen LogP) is 2.51. The van der Waals surface area contributed by atoms with Gasteiger partial charge in [-0.25, -0.2) is 4.98 Å². The van der Waals surface area contributed by atoms with Gasteiger partial charge in [-0.3, -0.25) is 4.68 Å². The van der Waals surface area contributed by atoms with E-state index in [1.165, 1.54) is 0 Å². The van der Waals surface area contributed by atoms with Crippen molar-refractivity contribution in [1.82, 2.24) is 14.8 Å². The Balaban J connectivity index is 2.08. The van der Waals surface area contributed by atoms with E-state index in [-0.39, 0.29) is 0 Å². The van der Waals surface area contributed by atoms with Gasteiger partial charge >= 0.3 is 0 Å². The van der Waals surface area contributed by atoms with E-state index >= 15 is 0 Å². The highest BCUT2D eigenvalue weighted by atomic mass is 79.9. The average Bonchev–Trinajstić information content (AvgIpc) is 2.66. The second-order valence-electron chi connectivity index (χ2n) is 3.94. The number of nitrogens with one attached hydrogen (secondary N) is 1. The zero-order valence-electron chi connectivity index (χ0n) is 10.6. The Morgan fingerprint density at radius 2 is 2.22 bits per heavy atom. The number of anilines is 1. The second kappa shape index (κ2) is 5.39. The summed E-state index contributed by atoms with van der Waals surface area (Å²) in [5.74, 6) is 0.622. The lowest BCUT2D eigenvalue weighted by Crippen LogP contribution is -2.04. The van der Waals surface area contributed by atoms with Gasteiger partial charge in [-0.15, -0.1) is 0 Å². The minimum Gasteiger partial charge on any atom is -0.481 e. The largest absolute Gasteiger partial charge is 0.481 e. The predicted molar refractivity (Wildman–Crippen MR) is 73.8 cm³/mol. The van der Waals surface area contributed by atoms with E-state index in [0.29, 0.717) is 12.4 Å². The van der Waals surface area contributed by atoms with Crippen LogP contribution in [0.15, 0.2) is 22.8 Å². The summed E-state index contributed by atoms with van der Waals surface area (Å²) >= 11 is 3.47. The Kier molecular flexibility index (Phi) is 3.86. The van der Waals surface area contributed by atoms with Crippen molar-refractivity contribution in [2.24, 2.45) is 7.05 Å². The molecular weight excluding hydrogens is 296 g/mol. The lowest BCUT2D eigenvalue weighted by atomic mass is 10.3. The van der Waals surface area contributed by atoms with Crippen LogP contribution in [0.25, 0.3) is 0 Å². The number of aromatic nitrogens is 3. The summed E-state index contributed by atoms with van der Waals surface area (Å²) < 4.78 is 7.85. The van der Waals surface area contributed by atoms with E-state index < -0.39 is 0 Å². The summed E-state index contributed by atoms with van der Waals surface area (Å²) in [5.41, 5.74) is 2.85. The van der Waals surface area contributed by atoms with Crippen molar-refractivity contribution in [1.29, 1.82) is 0 Å². The van der Waals surface area contributed by atoms with E-state index in [9.17, 15) is 0 Å². The third-order valence-electron chi connectivity index (χ3n) is 2.57. The van der Waals surface area contributed by atoms with E-state index in [0.717, 1.165) is 21.5 Å². The third kappa shape index (κ3) is 2.81. The summed E-state index contributed by atoms with van der Waals surface area (Å²) in [4.78, 5) is 4.31. The number of pyridine rings is 1. The second-order valence-corrected chi connectivity index (χ2v) is 4.79. The summed E-state index contributed by atoms with van der Waals surface area (Å²) in [6.07, 6.45) is 1.93. The smallest absolute Gasteiger partial charge is 0.213 e. The number of nitrogens with zero attached hydrogens (tertiary/aromatic N) is 3. The van der Waals surface area contributed by atoms with Crippen molar-refractivity contribution in [2.75, 3.05) is 12.4 Å². The molecule has 0 atom stereocenters. The van der Waals surface area contributed by atoms with Gasteiger partial charge in [0.1, 0.15) is 0 Å². The first kappa shape index (κ1) is 12.9. The van der Waals surface area contributed by atoms with Crippen LogP contribution in [0, 0.1) is 6.92 Å². The highest BCUT2D eigenvalue weighted by molar-refractivity contribution is 9.10. The fraction of sp³-hybridized carbons (Fsp3) is 0.333. The van der Waals surface area contributed by atoms with Crippen molar-refractivity contribution < 1.29 is 4.74 Å². The summed E-state index contributed by atoms with van der Waals surface area (Å²) in [6.45, 7) is 2.59. The standard InChI is InChI=1S/C12H15BrN4O/c1-8-10(4-5-12(15-8)18-3)14-6-11-9(13)7-17(2)16-11/h4-5,7,14H,6H2,1-3H3. The molecule has 0 unspecified atom stereocenters. The molecular formula is C12H15BrN4O. The Morgan fingerprint density at radius 1 is 1.44 bits per heavy atom. The number of ether oxygens (including phenoxy) is 1. The molecule has 0 fully saturated rings. The molecule has 0 spiro atoms. The summed E-state index contributed by atoms with van der Waals surface area (Å²) in [5, 5.41) is 7.66. The number of rotatable bonds is 4. The molecule has 2 aromatic heterocycles. The van der Waals surface area contributed by atoms with Gasteiger partial charge in [0.25, 0.3) is 0 Å². The minimum atomic E-state index is 0.622. The van der Waals surface area contributed by atoms with Crippen LogP contribution in [0.5, 0.6) is 5.88 Å². The van der Waals surface area contributed by atoms with Crippen LogP contribution < -0.4 is 10.1 Å². The molecule has 0 aromatic carbocycles. The first-order chi connectivity index (χ1) is 8.60. The van der Waals surface area contributed by atoms with Crippen LogP contribution in [0.1, 0.15) is 11.4 Å². The van der Waals surface area contributed by atoms with Crippen LogP contribution >= 0.6 is 15.9 Å². The molecule has 2 rings (SSSR count). The van der Waals surface area contributed by atoms with Crippen molar-refractivity contribution >= 4 is 21.6 Å². The molecule has 0 aliphatic heterocycles. The Morgan fingerprint density at radius 3 is 2.78 bits per heavy atom. The average molecular weight is 311 g/mol. The van der Waals surface area contributed by atoms with E-state index in [1.807, 2.05) is 32.3 Å². The van der Waals surface area contributed by atoms with Crippen molar-refractivity contribution in [3.05, 3.63) is 34.2 Å². The van der Waals surface area contributed by atoms with Crippen LogP contribution in [-0.2, 0) is 13.6 Å². The summed E-state index contributed by atoms with van der Waals surface area (Å²) in [6, 6.07) is 3.79. The van der Waals surface area contributed by atoms with Crippen molar-refractivity contribution in [3.63, 3.8) is 0 Å². The molecule has 6 heteroatoms. The van der Waals surface area contributed by atoms with Gasteiger partial charge in [-0.1, -0.05) is 0 Å². The van der Waals surface area contributed by atoms with Gasteiger partial charge in [0.15, 0.2) is 0 Å². The molecule has 0 aliphatic rings. The molecule has 0 saturated heterocycles. The number of hydrogen-bond donors (Lipinski definition) is 1. The first-order valence-corrected chi connectivity index (χ1v) is 6.33. The minimum absolute atomic E-state index is 0.622. The van der Waals surface area contributed by atoms with Gasteiger partial charge in [0.2, 0.25) is 5.88 Å². The van der Waals surface area contributed by atoms with Gasteiger partial charge in [0, 0.05) is 19.3 Å². The summed E-state index contributed by atoms with van der Waals surface area (Å²) in [7, 11) is 3.51. The zero-order valence-corrected chi connectivity index (χ0v) is 12.2. The van der Waals surface area contributed by atoms with E-state index in [1.54, 1.807) is 11.8 Å². The molecule has 0 saturated carbocycles. The zero-order chi connectivity index (χ0) is 13.1. The van der Waals surface area contributed by atoms with Gasteiger partial charge in [-0.05, 0) is 28.9 Å². The van der Waals surface area contributed by atoms with E-state index in [4.69, 9.17) is 4.74 Å². The molecule has 1 N–H and O–H groups in total. The molecule has 0 radical (unpaired) electrons. The quantitative estimate of drug-likeness (QED) is 0.942. The van der Waals surface area contributed by atoms with Crippen LogP contribution in [-0.4, -0.2) is 21.9 Å². The Hall–Kier alpha value is -1.56. The highest BCUT2D eigenvalue weighted by Gasteiger charge is 2.06. The molecule has 5 nitrogen and oxygen atoms in total. The SMILES string of the molecule is COc1ccc(NCc2nn(C)cc2Br)c(C)n1. The molecule has 0 aliphatic carbocycles. The molecule has 0 bridgehead atoms. The lowest BCUT2D eigenvalue weighted by molar-refractivity contribution is 0.397. The number of halogens is 1. The maximum atomic E-state index is 5.07. The number of aryl methyl sites for hydroxylation is 2. The maximum absolute atomic E-state index is 5.07. The van der Waals surface area contributed by atoms with Crippen LogP contribution in [0.4, 0.5) is 5.69 Å². The van der Waals surface area contributed by atoms with Gasteiger partial charge in [-0.2, -0.15) is 5.10 Å². The van der Waals surface area contributed by atoms with Crippen LogP contribution in [0.2, 0.25) is 0 Å². The van der Waals surface area contributed by atoms with Gasteiger partial charge < -0.3 is 10.1 Å². The monoisotopic (exact) mass is 310 g/mol. The maximum Gasteiger partial charge on any atom is 0.213 e. The molecule has 18 heavy (non-hydrogen) atoms. The fourth-order valence-corrected chi connectivity index (χ4v) is 2.16. The van der Waals surface area contributed by atoms with E-state index in [2.05, 4.69) is 31.3 Å². The third-order valence-corrected chi connectivity index (χ3v) is 3.23. The molecule has 0 amide bonds. The van der Waals surface area contributed by atoms with Crippen LogP contribution in [0.3, 0.4) is 0 Å². The lowest BCUT2D eigenvalue weighted by Gasteiger charge is -2.09. The topological polar surface area (TPSA) is 52.0 Å². The highest BCUT2D eigenvalue weighted by Crippen LogP contribution is 2.19.